The number of nitro benzene ring substituents is 1. The number of esters is 1. The molecule has 0 fully saturated rings. The van der Waals surface area contributed by atoms with Crippen molar-refractivity contribution in [1.29, 1.82) is 0 Å². The largest absolute Gasteiger partial charge is 0.460 e. The van der Waals surface area contributed by atoms with Crippen LogP contribution in [-0.2, 0) is 9.53 Å². The highest BCUT2D eigenvalue weighted by molar-refractivity contribution is 6.43. The number of carbonyl (C=O) groups is 2. The van der Waals surface area contributed by atoms with Crippen molar-refractivity contribution in [3.05, 3.63) is 111 Å². The second kappa shape index (κ2) is 9.08. The number of ketones is 1. The standard InChI is InChI=1S/C26H22N2O5/c1-3-33-26(30)25(29)23-17(2)27(22-15-14-20(28(31)32)16-21(22)23)24(18-10-6-4-7-11-18)19-12-8-5-9-13-19/h4-16,24H,3H2,1-2H3. The highest BCUT2D eigenvalue weighted by Crippen LogP contribution is 2.37. The van der Waals surface area contributed by atoms with E-state index in [4.69, 9.17) is 4.74 Å². The number of ether oxygens (including phenoxy) is 1. The predicted molar refractivity (Wildman–Crippen MR) is 124 cm³/mol. The molecule has 1 heterocycles. The summed E-state index contributed by atoms with van der Waals surface area (Å²) in [4.78, 5) is 36.4. The molecule has 4 aromatic rings. The molecule has 0 aliphatic heterocycles. The molecule has 0 aliphatic carbocycles. The van der Waals surface area contributed by atoms with Gasteiger partial charge in [-0.2, -0.15) is 0 Å². The van der Waals surface area contributed by atoms with E-state index in [9.17, 15) is 19.7 Å². The Bertz CT molecular complexity index is 1300. The van der Waals surface area contributed by atoms with E-state index in [-0.39, 0.29) is 23.9 Å². The number of hydrogen-bond donors (Lipinski definition) is 0. The average molecular weight is 442 g/mol. The first-order valence-electron chi connectivity index (χ1n) is 10.5. The summed E-state index contributed by atoms with van der Waals surface area (Å²) in [5, 5.41) is 11.8. The quantitative estimate of drug-likeness (QED) is 0.128. The Morgan fingerprint density at radius 3 is 2.06 bits per heavy atom. The molecule has 0 bridgehead atoms. The summed E-state index contributed by atoms with van der Waals surface area (Å²) in [6.07, 6.45) is 0. The molecule has 3 aromatic carbocycles. The summed E-state index contributed by atoms with van der Waals surface area (Å²) >= 11 is 0. The fourth-order valence-electron chi connectivity index (χ4n) is 4.22. The lowest BCUT2D eigenvalue weighted by Crippen LogP contribution is -2.19. The molecule has 0 saturated carbocycles. The maximum absolute atomic E-state index is 13.1. The number of Topliss-reactive ketones (excluding diaryl/α,β-unsaturated/α-hetero) is 1. The Hall–Kier alpha value is -4.26. The minimum atomic E-state index is -0.984. The number of hydrogen-bond acceptors (Lipinski definition) is 5. The van der Waals surface area contributed by atoms with E-state index in [0.717, 1.165) is 11.1 Å². The zero-order valence-electron chi connectivity index (χ0n) is 18.2. The van der Waals surface area contributed by atoms with E-state index >= 15 is 0 Å². The van der Waals surface area contributed by atoms with Crippen molar-refractivity contribution in [2.75, 3.05) is 6.61 Å². The number of carbonyl (C=O) groups excluding carboxylic acids is 2. The minimum Gasteiger partial charge on any atom is -0.460 e. The minimum absolute atomic E-state index is 0.0546. The monoisotopic (exact) mass is 442 g/mol. The molecule has 33 heavy (non-hydrogen) atoms. The smallest absolute Gasteiger partial charge is 0.379 e. The summed E-state index contributed by atoms with van der Waals surface area (Å²) < 4.78 is 6.90. The molecule has 0 radical (unpaired) electrons. The van der Waals surface area contributed by atoms with Crippen LogP contribution in [0, 0.1) is 17.0 Å². The number of benzene rings is 3. The van der Waals surface area contributed by atoms with Crippen LogP contribution in [0.1, 0.15) is 40.1 Å². The molecular formula is C26H22N2O5. The molecule has 1 aromatic heterocycles. The molecule has 0 spiro atoms. The van der Waals surface area contributed by atoms with Crippen molar-refractivity contribution in [1.82, 2.24) is 4.57 Å². The van der Waals surface area contributed by atoms with E-state index < -0.39 is 16.7 Å². The Morgan fingerprint density at radius 1 is 0.970 bits per heavy atom. The number of fused-ring (bicyclic) bond motifs is 1. The van der Waals surface area contributed by atoms with Gasteiger partial charge in [-0.25, -0.2) is 4.79 Å². The molecule has 0 saturated heterocycles. The van der Waals surface area contributed by atoms with E-state index in [1.807, 2.05) is 65.2 Å². The van der Waals surface area contributed by atoms with Crippen molar-refractivity contribution in [2.24, 2.45) is 0 Å². The van der Waals surface area contributed by atoms with Crippen LogP contribution in [0.5, 0.6) is 0 Å². The van der Waals surface area contributed by atoms with E-state index in [1.54, 1.807) is 19.9 Å². The average Bonchev–Trinajstić information content (AvgIpc) is 3.11. The highest BCUT2D eigenvalue weighted by Gasteiger charge is 2.30. The second-order valence-electron chi connectivity index (χ2n) is 7.56. The van der Waals surface area contributed by atoms with Crippen molar-refractivity contribution in [3.63, 3.8) is 0 Å². The highest BCUT2D eigenvalue weighted by atomic mass is 16.6. The first-order valence-corrected chi connectivity index (χ1v) is 10.5. The Balaban J connectivity index is 2.06. The van der Waals surface area contributed by atoms with E-state index in [0.29, 0.717) is 16.6 Å². The Labute approximate surface area is 190 Å². The molecule has 0 aliphatic rings. The van der Waals surface area contributed by atoms with Crippen LogP contribution in [0.15, 0.2) is 78.9 Å². The number of rotatable bonds is 7. The van der Waals surface area contributed by atoms with Gasteiger partial charge in [-0.1, -0.05) is 60.7 Å². The van der Waals surface area contributed by atoms with Gasteiger partial charge in [0.05, 0.1) is 28.7 Å². The number of nitrogens with zero attached hydrogens (tertiary/aromatic N) is 2. The molecule has 0 unspecified atom stereocenters. The third-order valence-electron chi connectivity index (χ3n) is 5.62. The molecule has 4 rings (SSSR count). The first kappa shape index (κ1) is 22.0. The summed E-state index contributed by atoms with van der Waals surface area (Å²) in [5.41, 5.74) is 3.04. The van der Waals surface area contributed by atoms with Crippen LogP contribution in [0.25, 0.3) is 10.9 Å². The van der Waals surface area contributed by atoms with Crippen LogP contribution in [0.2, 0.25) is 0 Å². The Kier molecular flexibility index (Phi) is 6.04. The summed E-state index contributed by atoms with van der Waals surface area (Å²) in [6.45, 7) is 3.42. The van der Waals surface area contributed by atoms with Gasteiger partial charge in [-0.3, -0.25) is 14.9 Å². The Morgan fingerprint density at radius 2 is 1.55 bits per heavy atom. The summed E-state index contributed by atoms with van der Waals surface area (Å²) in [7, 11) is 0. The fourth-order valence-corrected chi connectivity index (χ4v) is 4.22. The molecule has 0 amide bonds. The van der Waals surface area contributed by atoms with Gasteiger partial charge < -0.3 is 9.30 Å². The van der Waals surface area contributed by atoms with Crippen LogP contribution in [-0.4, -0.2) is 27.8 Å². The lowest BCUT2D eigenvalue weighted by molar-refractivity contribution is -0.384. The van der Waals surface area contributed by atoms with Crippen LogP contribution < -0.4 is 0 Å². The van der Waals surface area contributed by atoms with Gasteiger partial charge >= 0.3 is 5.97 Å². The zero-order valence-corrected chi connectivity index (χ0v) is 18.2. The number of non-ortho nitro benzene ring substituents is 1. The van der Waals surface area contributed by atoms with Gasteiger partial charge in [0, 0.05) is 23.2 Å². The van der Waals surface area contributed by atoms with Crippen LogP contribution >= 0.6 is 0 Å². The molecule has 0 N–H and O–H groups in total. The van der Waals surface area contributed by atoms with Gasteiger partial charge in [0.2, 0.25) is 0 Å². The maximum atomic E-state index is 13.1. The zero-order chi connectivity index (χ0) is 23.5. The predicted octanol–water partition coefficient (Wildman–Crippen LogP) is 5.24. The van der Waals surface area contributed by atoms with Crippen LogP contribution in [0.3, 0.4) is 0 Å². The van der Waals surface area contributed by atoms with Crippen molar-refractivity contribution >= 4 is 28.3 Å². The van der Waals surface area contributed by atoms with Gasteiger partial charge in [0.25, 0.3) is 11.5 Å². The lowest BCUT2D eigenvalue weighted by atomic mass is 9.98. The molecule has 166 valence electrons. The second-order valence-corrected chi connectivity index (χ2v) is 7.56. The summed E-state index contributed by atoms with van der Waals surface area (Å²) in [5.74, 6) is -1.81. The van der Waals surface area contributed by atoms with E-state index in [2.05, 4.69) is 0 Å². The number of aromatic nitrogens is 1. The molecule has 7 heteroatoms. The molecule has 0 atom stereocenters. The topological polar surface area (TPSA) is 91.4 Å². The van der Waals surface area contributed by atoms with Gasteiger partial charge in [0.15, 0.2) is 0 Å². The molecular weight excluding hydrogens is 420 g/mol. The third-order valence-corrected chi connectivity index (χ3v) is 5.62. The maximum Gasteiger partial charge on any atom is 0.379 e. The van der Waals surface area contributed by atoms with E-state index in [1.165, 1.54) is 12.1 Å². The molecule has 7 nitrogen and oxygen atoms in total. The first-order chi connectivity index (χ1) is 15.9. The third kappa shape index (κ3) is 4.01. The fraction of sp³-hybridized carbons (Fsp3) is 0.154. The number of nitro groups is 1. The SMILES string of the molecule is CCOC(=O)C(=O)c1c(C)n(C(c2ccccc2)c2ccccc2)c2ccc([N+](=O)[O-])cc12. The van der Waals surface area contributed by atoms with Gasteiger partial charge in [0.1, 0.15) is 0 Å². The van der Waals surface area contributed by atoms with Crippen LogP contribution in [0.4, 0.5) is 5.69 Å². The normalized spacial score (nSPS) is 11.0. The van der Waals surface area contributed by atoms with Crippen molar-refractivity contribution in [3.8, 4) is 0 Å². The van der Waals surface area contributed by atoms with Gasteiger partial charge in [-0.05, 0) is 31.0 Å². The van der Waals surface area contributed by atoms with Crippen molar-refractivity contribution < 1.29 is 19.2 Å². The van der Waals surface area contributed by atoms with Gasteiger partial charge in [-0.15, -0.1) is 0 Å². The van der Waals surface area contributed by atoms with Crippen molar-refractivity contribution in [2.45, 2.75) is 19.9 Å². The summed E-state index contributed by atoms with van der Waals surface area (Å²) in [6, 6.07) is 23.6. The lowest BCUT2D eigenvalue weighted by Gasteiger charge is -2.23.